The first-order valence-electron chi connectivity index (χ1n) is 9.87. The molecule has 3 rings (SSSR count). The van der Waals surface area contributed by atoms with Crippen LogP contribution in [0.15, 0.2) is 73.1 Å². The van der Waals surface area contributed by atoms with Gasteiger partial charge in [0.15, 0.2) is 0 Å². The smallest absolute Gasteiger partial charge is 0.242 e. The number of nitrogens with one attached hydrogen (secondary N) is 1. The van der Waals surface area contributed by atoms with Gasteiger partial charge in [0.25, 0.3) is 0 Å². The summed E-state index contributed by atoms with van der Waals surface area (Å²) in [5, 5.41) is 4.13. The van der Waals surface area contributed by atoms with E-state index in [4.69, 9.17) is 23.2 Å². The van der Waals surface area contributed by atoms with Crippen molar-refractivity contribution in [1.29, 1.82) is 0 Å². The Balaban J connectivity index is 1.74. The summed E-state index contributed by atoms with van der Waals surface area (Å²) in [6, 6.07) is 17.4. The molecule has 0 radical (unpaired) electrons. The number of carbonyl (C=O) groups excluding carboxylic acids is 2. The average molecular weight is 456 g/mol. The fourth-order valence-corrected chi connectivity index (χ4v) is 3.34. The van der Waals surface area contributed by atoms with Crippen LogP contribution in [0.4, 0.5) is 0 Å². The zero-order valence-electron chi connectivity index (χ0n) is 17.1. The number of hydrogen-bond acceptors (Lipinski definition) is 3. The largest absolute Gasteiger partial charge is 0.350 e. The first kappa shape index (κ1) is 22.8. The monoisotopic (exact) mass is 455 g/mol. The van der Waals surface area contributed by atoms with Crippen LogP contribution in [0, 0.1) is 0 Å². The van der Waals surface area contributed by atoms with Gasteiger partial charge >= 0.3 is 0 Å². The van der Waals surface area contributed by atoms with E-state index in [1.54, 1.807) is 48.5 Å². The molecule has 160 valence electrons. The molecule has 0 aliphatic carbocycles. The van der Waals surface area contributed by atoms with Crippen molar-refractivity contribution in [3.05, 3.63) is 99.8 Å². The molecule has 0 aliphatic heterocycles. The molecule has 31 heavy (non-hydrogen) atoms. The standard InChI is InChI=1S/C24H23Cl2N3O2/c1-17(24(31)28-15-19-10-12-27-13-11-19)29(16-20-4-8-22(26)9-5-20)23(30)14-18-2-6-21(25)7-3-18/h2-13,17H,14-16H2,1H3,(H,28,31). The van der Waals surface area contributed by atoms with Crippen LogP contribution in [0.25, 0.3) is 0 Å². The van der Waals surface area contributed by atoms with Crippen molar-refractivity contribution in [3.8, 4) is 0 Å². The molecule has 7 heteroatoms. The molecule has 1 heterocycles. The molecular weight excluding hydrogens is 433 g/mol. The number of aromatic nitrogens is 1. The van der Waals surface area contributed by atoms with E-state index in [9.17, 15) is 9.59 Å². The highest BCUT2D eigenvalue weighted by molar-refractivity contribution is 6.30. The maximum atomic E-state index is 13.2. The number of benzene rings is 2. The van der Waals surface area contributed by atoms with Crippen LogP contribution in [-0.4, -0.2) is 27.7 Å². The number of pyridine rings is 1. The molecule has 3 aromatic rings. The minimum absolute atomic E-state index is 0.149. The molecule has 0 saturated carbocycles. The first-order valence-corrected chi connectivity index (χ1v) is 10.6. The quantitative estimate of drug-likeness (QED) is 0.536. The van der Waals surface area contributed by atoms with Gasteiger partial charge < -0.3 is 10.2 Å². The molecule has 0 aliphatic rings. The summed E-state index contributed by atoms with van der Waals surface area (Å²) < 4.78 is 0. The molecule has 5 nitrogen and oxygen atoms in total. The molecule has 1 N–H and O–H groups in total. The van der Waals surface area contributed by atoms with Gasteiger partial charge in [0, 0.05) is 35.5 Å². The molecule has 1 aromatic heterocycles. The molecule has 0 fully saturated rings. The van der Waals surface area contributed by atoms with Crippen molar-refractivity contribution in [2.75, 3.05) is 0 Å². The van der Waals surface area contributed by atoms with Gasteiger partial charge in [-0.05, 0) is 60.0 Å². The lowest BCUT2D eigenvalue weighted by molar-refractivity contribution is -0.140. The normalized spacial score (nSPS) is 11.6. The number of rotatable bonds is 8. The average Bonchev–Trinajstić information content (AvgIpc) is 2.78. The predicted octanol–water partition coefficient (Wildman–Crippen LogP) is 4.66. The third kappa shape index (κ3) is 6.81. The highest BCUT2D eigenvalue weighted by atomic mass is 35.5. The van der Waals surface area contributed by atoms with Crippen molar-refractivity contribution in [3.63, 3.8) is 0 Å². The number of hydrogen-bond donors (Lipinski definition) is 1. The van der Waals surface area contributed by atoms with E-state index in [1.165, 1.54) is 0 Å². The summed E-state index contributed by atoms with van der Waals surface area (Å²) in [5.74, 6) is -0.376. The second-order valence-corrected chi connectivity index (χ2v) is 8.07. The maximum absolute atomic E-state index is 13.2. The number of nitrogens with zero attached hydrogens (tertiary/aromatic N) is 2. The Hall–Kier alpha value is -2.89. The van der Waals surface area contributed by atoms with Gasteiger partial charge in [-0.25, -0.2) is 0 Å². The first-order chi connectivity index (χ1) is 14.9. The van der Waals surface area contributed by atoms with Gasteiger partial charge in [-0.15, -0.1) is 0 Å². The van der Waals surface area contributed by atoms with Crippen LogP contribution in [0.3, 0.4) is 0 Å². The number of amides is 2. The second-order valence-electron chi connectivity index (χ2n) is 7.20. The lowest BCUT2D eigenvalue weighted by atomic mass is 10.1. The van der Waals surface area contributed by atoms with Crippen molar-refractivity contribution >= 4 is 35.0 Å². The molecule has 1 atom stereocenters. The van der Waals surface area contributed by atoms with Gasteiger partial charge in [0.2, 0.25) is 11.8 Å². The Bertz CT molecular complexity index is 1010. The minimum Gasteiger partial charge on any atom is -0.350 e. The molecule has 0 spiro atoms. The van der Waals surface area contributed by atoms with E-state index >= 15 is 0 Å². The van der Waals surface area contributed by atoms with Crippen LogP contribution >= 0.6 is 23.2 Å². The maximum Gasteiger partial charge on any atom is 0.242 e. The molecule has 0 bridgehead atoms. The van der Waals surface area contributed by atoms with E-state index < -0.39 is 6.04 Å². The third-order valence-electron chi connectivity index (χ3n) is 4.92. The minimum atomic E-state index is -0.655. The SMILES string of the molecule is CC(C(=O)NCc1ccncc1)N(Cc1ccc(Cl)cc1)C(=O)Cc1ccc(Cl)cc1. The Kier molecular flexibility index (Phi) is 8.04. The van der Waals surface area contributed by atoms with Crippen LogP contribution in [0.1, 0.15) is 23.6 Å². The highest BCUT2D eigenvalue weighted by Gasteiger charge is 2.26. The van der Waals surface area contributed by atoms with Crippen LogP contribution < -0.4 is 5.32 Å². The highest BCUT2D eigenvalue weighted by Crippen LogP contribution is 2.16. The van der Waals surface area contributed by atoms with Gasteiger partial charge in [-0.3, -0.25) is 14.6 Å². The summed E-state index contributed by atoms with van der Waals surface area (Å²) in [7, 11) is 0. The molecule has 1 unspecified atom stereocenters. The van der Waals surface area contributed by atoms with Crippen LogP contribution in [0.2, 0.25) is 10.0 Å². The molecule has 2 aromatic carbocycles. The lowest BCUT2D eigenvalue weighted by Gasteiger charge is -2.29. The van der Waals surface area contributed by atoms with Crippen molar-refractivity contribution in [2.45, 2.75) is 32.5 Å². The summed E-state index contributed by atoms with van der Waals surface area (Å²) in [6.45, 7) is 2.40. The zero-order chi connectivity index (χ0) is 22.2. The molecule has 2 amide bonds. The number of carbonyl (C=O) groups is 2. The van der Waals surface area contributed by atoms with E-state index in [2.05, 4.69) is 10.3 Å². The van der Waals surface area contributed by atoms with E-state index in [1.807, 2.05) is 36.4 Å². The summed E-state index contributed by atoms with van der Waals surface area (Å²) in [4.78, 5) is 31.6. The van der Waals surface area contributed by atoms with Crippen molar-refractivity contribution in [2.24, 2.45) is 0 Å². The zero-order valence-corrected chi connectivity index (χ0v) is 18.6. The summed E-state index contributed by atoms with van der Waals surface area (Å²) >= 11 is 11.9. The van der Waals surface area contributed by atoms with E-state index in [0.717, 1.165) is 16.7 Å². The Morgan fingerprint density at radius 2 is 1.42 bits per heavy atom. The topological polar surface area (TPSA) is 62.3 Å². The Morgan fingerprint density at radius 3 is 2.00 bits per heavy atom. The van der Waals surface area contributed by atoms with Crippen molar-refractivity contribution in [1.82, 2.24) is 15.2 Å². The Morgan fingerprint density at radius 1 is 0.871 bits per heavy atom. The summed E-state index contributed by atoms with van der Waals surface area (Å²) in [6.07, 6.45) is 3.52. The van der Waals surface area contributed by atoms with E-state index in [-0.39, 0.29) is 18.2 Å². The van der Waals surface area contributed by atoms with Gasteiger partial charge in [-0.2, -0.15) is 0 Å². The third-order valence-corrected chi connectivity index (χ3v) is 5.42. The molecule has 0 saturated heterocycles. The van der Waals surface area contributed by atoms with Gasteiger partial charge in [0.1, 0.15) is 6.04 Å². The van der Waals surface area contributed by atoms with Crippen LogP contribution in [0.5, 0.6) is 0 Å². The van der Waals surface area contributed by atoms with Gasteiger partial charge in [0.05, 0.1) is 6.42 Å². The fourth-order valence-electron chi connectivity index (χ4n) is 3.09. The van der Waals surface area contributed by atoms with Crippen molar-refractivity contribution < 1.29 is 9.59 Å². The Labute approximate surface area is 192 Å². The predicted molar refractivity (Wildman–Crippen MR) is 123 cm³/mol. The molecular formula is C24H23Cl2N3O2. The lowest BCUT2D eigenvalue weighted by Crippen LogP contribution is -2.47. The fraction of sp³-hybridized carbons (Fsp3) is 0.208. The van der Waals surface area contributed by atoms with Crippen LogP contribution in [-0.2, 0) is 29.1 Å². The summed E-state index contributed by atoms with van der Waals surface area (Å²) in [5.41, 5.74) is 2.66. The number of halogens is 2. The second kappa shape index (κ2) is 10.9. The van der Waals surface area contributed by atoms with Gasteiger partial charge in [-0.1, -0.05) is 47.5 Å². The van der Waals surface area contributed by atoms with E-state index in [0.29, 0.717) is 23.1 Å².